The Balaban J connectivity index is 1.95. The summed E-state index contributed by atoms with van der Waals surface area (Å²) in [7, 11) is -3.71. The quantitative estimate of drug-likeness (QED) is 0.868. The number of hydrogen-bond donors (Lipinski definition) is 1. The molecule has 0 saturated carbocycles. The first-order valence-corrected chi connectivity index (χ1v) is 9.92. The molecule has 0 aromatic heterocycles. The van der Waals surface area contributed by atoms with Gasteiger partial charge in [-0.05, 0) is 43.7 Å². The fourth-order valence-electron chi connectivity index (χ4n) is 2.83. The lowest BCUT2D eigenvalue weighted by molar-refractivity contribution is -0.116. The molecular weight excluding hydrogens is 376 g/mol. The predicted octanol–water partition coefficient (Wildman–Crippen LogP) is 3.28. The average molecular weight is 393 g/mol. The summed E-state index contributed by atoms with van der Waals surface area (Å²) in [6, 6.07) is 9.74. The summed E-state index contributed by atoms with van der Waals surface area (Å²) in [5.74, 6) is -1.24. The number of amides is 2. The normalized spacial score (nSPS) is 16.0. The van der Waals surface area contributed by atoms with Crippen LogP contribution >= 0.6 is 11.6 Å². The van der Waals surface area contributed by atoms with Gasteiger partial charge in [-0.3, -0.25) is 9.59 Å². The van der Waals surface area contributed by atoms with Crippen molar-refractivity contribution in [3.8, 4) is 0 Å². The van der Waals surface area contributed by atoms with Crippen LogP contribution in [-0.2, 0) is 14.8 Å². The Kier molecular flexibility index (Phi) is 4.77. The zero-order valence-corrected chi connectivity index (χ0v) is 15.8. The molecule has 8 heteroatoms. The van der Waals surface area contributed by atoms with Crippen molar-refractivity contribution in [2.24, 2.45) is 0 Å². The summed E-state index contributed by atoms with van der Waals surface area (Å²) in [6.45, 7) is 3.82. The van der Waals surface area contributed by atoms with Crippen LogP contribution in [0.5, 0.6) is 0 Å². The minimum absolute atomic E-state index is 0.0744. The van der Waals surface area contributed by atoms with E-state index in [0.717, 1.165) is 15.4 Å². The van der Waals surface area contributed by atoms with Crippen LogP contribution in [0.2, 0.25) is 5.02 Å². The van der Waals surface area contributed by atoms with Crippen molar-refractivity contribution in [1.29, 1.82) is 0 Å². The molecule has 136 valence electrons. The van der Waals surface area contributed by atoms with E-state index in [1.807, 2.05) is 26.0 Å². The van der Waals surface area contributed by atoms with Gasteiger partial charge in [-0.2, -0.15) is 0 Å². The van der Waals surface area contributed by atoms with E-state index in [4.69, 9.17) is 11.6 Å². The molecule has 0 aliphatic carbocycles. The van der Waals surface area contributed by atoms with Crippen molar-refractivity contribution in [2.75, 3.05) is 15.4 Å². The third-order valence-electron chi connectivity index (χ3n) is 4.14. The number of carbonyl (C=O) groups is 2. The molecule has 3 rings (SSSR count). The van der Waals surface area contributed by atoms with E-state index in [9.17, 15) is 18.0 Å². The van der Waals surface area contributed by atoms with Gasteiger partial charge in [0.15, 0.2) is 0 Å². The number of anilines is 2. The fourth-order valence-corrected chi connectivity index (χ4v) is 4.48. The molecule has 1 saturated heterocycles. The third-order valence-corrected chi connectivity index (χ3v) is 6.16. The Morgan fingerprint density at radius 2 is 1.88 bits per heavy atom. The topological polar surface area (TPSA) is 83.6 Å². The van der Waals surface area contributed by atoms with E-state index >= 15 is 0 Å². The van der Waals surface area contributed by atoms with Gasteiger partial charge in [0.05, 0.1) is 22.0 Å². The maximum atomic E-state index is 12.6. The van der Waals surface area contributed by atoms with Gasteiger partial charge >= 0.3 is 0 Å². The van der Waals surface area contributed by atoms with Crippen LogP contribution in [0.4, 0.5) is 11.4 Å². The summed E-state index contributed by atoms with van der Waals surface area (Å²) >= 11 is 6.12. The maximum absolute atomic E-state index is 12.6. The molecule has 2 aromatic rings. The van der Waals surface area contributed by atoms with Gasteiger partial charge in [-0.25, -0.2) is 12.7 Å². The molecule has 2 amide bonds. The lowest BCUT2D eigenvalue weighted by Crippen LogP contribution is -2.29. The standard InChI is InChI=1S/C18H17ClN2O4S/c1-11-3-6-16(12(2)9-11)20-18(23)14-10-13(4-5-15(14)19)21-17(22)7-8-26(21,24)25/h3-6,9-10H,7-8H2,1-2H3,(H,20,23). The van der Waals surface area contributed by atoms with E-state index in [0.29, 0.717) is 5.69 Å². The van der Waals surface area contributed by atoms with Gasteiger partial charge in [0, 0.05) is 12.1 Å². The molecule has 0 unspecified atom stereocenters. The van der Waals surface area contributed by atoms with Crippen LogP contribution in [0.15, 0.2) is 36.4 Å². The van der Waals surface area contributed by atoms with Crippen molar-refractivity contribution in [2.45, 2.75) is 20.3 Å². The largest absolute Gasteiger partial charge is 0.322 e. The highest BCUT2D eigenvalue weighted by atomic mass is 35.5. The second-order valence-corrected chi connectivity index (χ2v) is 8.51. The third kappa shape index (κ3) is 3.45. The molecule has 26 heavy (non-hydrogen) atoms. The second-order valence-electron chi connectivity index (χ2n) is 6.16. The summed E-state index contributed by atoms with van der Waals surface area (Å²) in [4.78, 5) is 24.6. The number of benzene rings is 2. The number of halogens is 1. The minimum Gasteiger partial charge on any atom is -0.322 e. The first-order chi connectivity index (χ1) is 12.2. The first-order valence-electron chi connectivity index (χ1n) is 7.93. The maximum Gasteiger partial charge on any atom is 0.257 e. The zero-order valence-electron chi connectivity index (χ0n) is 14.2. The van der Waals surface area contributed by atoms with Gasteiger partial charge in [-0.1, -0.05) is 29.3 Å². The molecule has 0 spiro atoms. The second kappa shape index (κ2) is 6.74. The SMILES string of the molecule is Cc1ccc(NC(=O)c2cc(N3C(=O)CCS3(=O)=O)ccc2Cl)c(C)c1. The van der Waals surface area contributed by atoms with E-state index in [2.05, 4.69) is 5.32 Å². The van der Waals surface area contributed by atoms with E-state index in [1.54, 1.807) is 6.07 Å². The van der Waals surface area contributed by atoms with Crippen LogP contribution in [0.1, 0.15) is 27.9 Å². The highest BCUT2D eigenvalue weighted by Gasteiger charge is 2.36. The predicted molar refractivity (Wildman–Crippen MR) is 101 cm³/mol. The van der Waals surface area contributed by atoms with Gasteiger partial charge in [-0.15, -0.1) is 0 Å². The fraction of sp³-hybridized carbons (Fsp3) is 0.222. The van der Waals surface area contributed by atoms with Crippen molar-refractivity contribution in [3.63, 3.8) is 0 Å². The van der Waals surface area contributed by atoms with E-state index < -0.39 is 21.8 Å². The van der Waals surface area contributed by atoms with Gasteiger partial charge in [0.2, 0.25) is 15.9 Å². The number of nitrogens with zero attached hydrogens (tertiary/aromatic N) is 1. The average Bonchev–Trinajstić information content (AvgIpc) is 2.84. The highest BCUT2D eigenvalue weighted by Crippen LogP contribution is 2.29. The van der Waals surface area contributed by atoms with Crippen LogP contribution in [0.3, 0.4) is 0 Å². The Hall–Kier alpha value is -2.38. The van der Waals surface area contributed by atoms with Crippen LogP contribution < -0.4 is 9.62 Å². The molecule has 2 aromatic carbocycles. The molecular formula is C18H17ClN2O4S. The Morgan fingerprint density at radius 1 is 1.15 bits per heavy atom. The molecule has 1 N–H and O–H groups in total. The molecule has 0 atom stereocenters. The monoisotopic (exact) mass is 392 g/mol. The lowest BCUT2D eigenvalue weighted by atomic mass is 10.1. The molecule has 1 heterocycles. The number of rotatable bonds is 3. The van der Waals surface area contributed by atoms with Gasteiger partial charge < -0.3 is 5.32 Å². The van der Waals surface area contributed by atoms with Crippen molar-refractivity contribution in [1.82, 2.24) is 0 Å². The molecule has 6 nitrogen and oxygen atoms in total. The Morgan fingerprint density at radius 3 is 2.50 bits per heavy atom. The zero-order chi connectivity index (χ0) is 19.1. The van der Waals surface area contributed by atoms with Crippen molar-refractivity contribution < 1.29 is 18.0 Å². The summed E-state index contributed by atoms with van der Waals surface area (Å²) in [5, 5.41) is 2.93. The summed E-state index contributed by atoms with van der Waals surface area (Å²) in [6.07, 6.45) is -0.0744. The summed E-state index contributed by atoms with van der Waals surface area (Å²) in [5.41, 5.74) is 2.80. The molecule has 1 fully saturated rings. The van der Waals surface area contributed by atoms with E-state index in [1.165, 1.54) is 18.2 Å². The molecule has 1 aliphatic heterocycles. The molecule has 0 radical (unpaired) electrons. The van der Waals surface area contributed by atoms with E-state index in [-0.39, 0.29) is 28.4 Å². The number of hydrogen-bond acceptors (Lipinski definition) is 4. The number of sulfonamides is 1. The number of aryl methyl sites for hydroxylation is 2. The van der Waals surface area contributed by atoms with Gasteiger partial charge in [0.1, 0.15) is 0 Å². The van der Waals surface area contributed by atoms with Crippen LogP contribution in [-0.4, -0.2) is 26.0 Å². The number of nitrogens with one attached hydrogen (secondary N) is 1. The minimum atomic E-state index is -3.71. The van der Waals surface area contributed by atoms with Crippen molar-refractivity contribution in [3.05, 3.63) is 58.1 Å². The molecule has 1 aliphatic rings. The smallest absolute Gasteiger partial charge is 0.257 e. The number of carbonyl (C=O) groups excluding carboxylic acids is 2. The Labute approximate surface area is 156 Å². The van der Waals surface area contributed by atoms with Crippen LogP contribution in [0, 0.1) is 13.8 Å². The Bertz CT molecular complexity index is 1020. The lowest BCUT2D eigenvalue weighted by Gasteiger charge is -2.17. The first kappa shape index (κ1) is 18.4. The van der Waals surface area contributed by atoms with Gasteiger partial charge in [0.25, 0.3) is 5.91 Å². The van der Waals surface area contributed by atoms with Crippen LogP contribution in [0.25, 0.3) is 0 Å². The highest BCUT2D eigenvalue weighted by molar-refractivity contribution is 7.94. The van der Waals surface area contributed by atoms with Crippen molar-refractivity contribution >= 4 is 44.8 Å². The molecule has 0 bridgehead atoms. The summed E-state index contributed by atoms with van der Waals surface area (Å²) < 4.78 is 24.9.